The summed E-state index contributed by atoms with van der Waals surface area (Å²) in [6.45, 7) is -0.601. The van der Waals surface area contributed by atoms with Gasteiger partial charge in [-0.2, -0.15) is 0 Å². The van der Waals surface area contributed by atoms with E-state index in [0.29, 0.717) is 18.0 Å². The van der Waals surface area contributed by atoms with E-state index in [1.165, 1.54) is 0 Å². The van der Waals surface area contributed by atoms with Crippen LogP contribution in [0.25, 0.3) is 0 Å². The van der Waals surface area contributed by atoms with Gasteiger partial charge in [-0.15, -0.1) is 0 Å². The van der Waals surface area contributed by atoms with Crippen molar-refractivity contribution < 1.29 is 20.1 Å². The Morgan fingerprint density at radius 3 is 2.58 bits per heavy atom. The molecule has 2 rings (SSSR count). The zero-order chi connectivity index (χ0) is 13.9. The van der Waals surface area contributed by atoms with Crippen molar-refractivity contribution in [3.8, 4) is 5.75 Å². The molecule has 0 aliphatic carbocycles. The van der Waals surface area contributed by atoms with Crippen molar-refractivity contribution in [2.45, 2.75) is 18.1 Å². The second-order valence-electron chi connectivity index (χ2n) is 4.83. The predicted molar refractivity (Wildman–Crippen MR) is 71.6 cm³/mol. The number of fused-ring (bicyclic) bond motifs is 1. The van der Waals surface area contributed by atoms with Gasteiger partial charge in [-0.05, 0) is 23.8 Å². The minimum Gasteiger partial charge on any atom is -0.488 e. The van der Waals surface area contributed by atoms with E-state index in [4.69, 9.17) is 16.3 Å². The van der Waals surface area contributed by atoms with Crippen molar-refractivity contribution in [2.75, 3.05) is 26.4 Å². The quantitative estimate of drug-likeness (QED) is 0.590. The average molecular weight is 288 g/mol. The Hall–Kier alpha value is -0.850. The van der Waals surface area contributed by atoms with Gasteiger partial charge in [-0.25, -0.2) is 0 Å². The van der Waals surface area contributed by atoms with Gasteiger partial charge in [0, 0.05) is 18.0 Å². The maximum absolute atomic E-state index is 9.22. The molecule has 1 heterocycles. The first-order chi connectivity index (χ1) is 9.12. The molecular weight excluding hydrogens is 270 g/mol. The van der Waals surface area contributed by atoms with Crippen LogP contribution in [0.5, 0.6) is 5.75 Å². The average Bonchev–Trinajstić information content (AvgIpc) is 2.83. The van der Waals surface area contributed by atoms with Crippen molar-refractivity contribution >= 4 is 11.6 Å². The first-order valence-electron chi connectivity index (χ1n) is 6.15. The summed E-state index contributed by atoms with van der Waals surface area (Å²) in [6, 6.07) is 5.47. The molecule has 6 heteroatoms. The van der Waals surface area contributed by atoms with E-state index >= 15 is 0 Å². The standard InChI is InChI=1S/C13H18ClNO4/c14-10-1-2-12-9(3-10)4-11(19-12)5-15-13(6-16,7-17)8-18/h1-3,11,15-18H,4-8H2. The Morgan fingerprint density at radius 1 is 1.26 bits per heavy atom. The van der Waals surface area contributed by atoms with Gasteiger partial charge in [0.05, 0.1) is 25.4 Å². The molecule has 5 nitrogen and oxygen atoms in total. The number of benzene rings is 1. The van der Waals surface area contributed by atoms with Crippen molar-refractivity contribution in [3.63, 3.8) is 0 Å². The molecular formula is C13H18ClNO4. The number of nitrogens with one attached hydrogen (secondary N) is 1. The van der Waals surface area contributed by atoms with Gasteiger partial charge in [-0.1, -0.05) is 11.6 Å². The van der Waals surface area contributed by atoms with Gasteiger partial charge >= 0.3 is 0 Å². The highest BCUT2D eigenvalue weighted by Crippen LogP contribution is 2.30. The molecule has 4 N–H and O–H groups in total. The van der Waals surface area contributed by atoms with Crippen LogP contribution in [0.2, 0.25) is 5.02 Å². The smallest absolute Gasteiger partial charge is 0.123 e. The van der Waals surface area contributed by atoms with Crippen molar-refractivity contribution in [3.05, 3.63) is 28.8 Å². The lowest BCUT2D eigenvalue weighted by molar-refractivity contribution is 0.0361. The minimum atomic E-state index is -1.07. The van der Waals surface area contributed by atoms with Crippen LogP contribution in [0.3, 0.4) is 0 Å². The Bertz CT molecular complexity index is 428. The van der Waals surface area contributed by atoms with Crippen LogP contribution in [0.1, 0.15) is 5.56 Å². The monoisotopic (exact) mass is 287 g/mol. The molecule has 0 saturated heterocycles. The van der Waals surface area contributed by atoms with Crippen LogP contribution < -0.4 is 10.1 Å². The van der Waals surface area contributed by atoms with Gasteiger partial charge < -0.3 is 25.4 Å². The maximum Gasteiger partial charge on any atom is 0.123 e. The van der Waals surface area contributed by atoms with E-state index in [1.807, 2.05) is 12.1 Å². The summed E-state index contributed by atoms with van der Waals surface area (Å²) in [5, 5.41) is 31.3. The zero-order valence-corrected chi connectivity index (χ0v) is 11.2. The van der Waals surface area contributed by atoms with Gasteiger partial charge in [0.2, 0.25) is 0 Å². The fraction of sp³-hybridized carbons (Fsp3) is 0.538. The second-order valence-corrected chi connectivity index (χ2v) is 5.27. The Morgan fingerprint density at radius 2 is 1.95 bits per heavy atom. The number of hydrogen-bond donors (Lipinski definition) is 4. The highest BCUT2D eigenvalue weighted by molar-refractivity contribution is 6.30. The summed E-state index contributed by atoms with van der Waals surface area (Å²) in [4.78, 5) is 0. The summed E-state index contributed by atoms with van der Waals surface area (Å²) in [7, 11) is 0. The number of hydrogen-bond acceptors (Lipinski definition) is 5. The van der Waals surface area contributed by atoms with E-state index in [2.05, 4.69) is 5.32 Å². The van der Waals surface area contributed by atoms with E-state index in [-0.39, 0.29) is 25.9 Å². The summed E-state index contributed by atoms with van der Waals surface area (Å²) in [5.41, 5.74) is -0.0302. The van der Waals surface area contributed by atoms with Gasteiger partial charge in [0.1, 0.15) is 11.9 Å². The second kappa shape index (κ2) is 6.07. The number of aliphatic hydroxyl groups excluding tert-OH is 3. The van der Waals surface area contributed by atoms with Gasteiger partial charge in [-0.3, -0.25) is 0 Å². The fourth-order valence-corrected chi connectivity index (χ4v) is 2.25. The lowest BCUT2D eigenvalue weighted by atomic mass is 10.0. The molecule has 0 radical (unpaired) electrons. The molecule has 1 aliphatic rings. The molecule has 0 aromatic heterocycles. The summed E-state index contributed by atoms with van der Waals surface area (Å²) >= 11 is 5.92. The third kappa shape index (κ3) is 3.19. The minimum absolute atomic E-state index is 0.0995. The SMILES string of the molecule is OCC(CO)(CO)NCC1Cc2cc(Cl)ccc2O1. The molecule has 1 aromatic rings. The molecule has 106 valence electrons. The van der Waals surface area contributed by atoms with E-state index in [9.17, 15) is 15.3 Å². The number of rotatable bonds is 6. The molecule has 0 spiro atoms. The topological polar surface area (TPSA) is 82.0 Å². The summed E-state index contributed by atoms with van der Waals surface area (Å²) in [6.07, 6.45) is 0.610. The zero-order valence-electron chi connectivity index (χ0n) is 10.5. The van der Waals surface area contributed by atoms with Crippen LogP contribution in [-0.2, 0) is 6.42 Å². The van der Waals surface area contributed by atoms with Crippen LogP contribution in [0, 0.1) is 0 Å². The van der Waals surface area contributed by atoms with E-state index in [1.54, 1.807) is 6.07 Å². The molecule has 1 aliphatic heterocycles. The maximum atomic E-state index is 9.22. The fourth-order valence-electron chi connectivity index (χ4n) is 2.05. The molecule has 1 aromatic carbocycles. The first-order valence-corrected chi connectivity index (χ1v) is 6.53. The van der Waals surface area contributed by atoms with Gasteiger partial charge in [0.25, 0.3) is 0 Å². The molecule has 0 fully saturated rings. The molecule has 19 heavy (non-hydrogen) atoms. The molecule has 1 unspecified atom stereocenters. The van der Waals surface area contributed by atoms with Crippen molar-refractivity contribution in [1.82, 2.24) is 5.32 Å². The first kappa shape index (κ1) is 14.6. The molecule has 1 atom stereocenters. The van der Waals surface area contributed by atoms with Crippen LogP contribution in [-0.4, -0.2) is 53.3 Å². The molecule has 0 bridgehead atoms. The largest absolute Gasteiger partial charge is 0.488 e. The highest BCUT2D eigenvalue weighted by Gasteiger charge is 2.30. The van der Waals surface area contributed by atoms with Gasteiger partial charge in [0.15, 0.2) is 0 Å². The predicted octanol–water partition coefficient (Wildman–Crippen LogP) is -0.0512. The van der Waals surface area contributed by atoms with Crippen LogP contribution >= 0.6 is 11.6 Å². The normalized spacial score (nSPS) is 18.2. The van der Waals surface area contributed by atoms with E-state index < -0.39 is 5.54 Å². The Kier molecular flexibility index (Phi) is 4.65. The van der Waals surface area contributed by atoms with Crippen LogP contribution in [0.15, 0.2) is 18.2 Å². The third-order valence-corrected chi connectivity index (χ3v) is 3.61. The number of halogens is 1. The van der Waals surface area contributed by atoms with E-state index in [0.717, 1.165) is 11.3 Å². The molecule has 0 saturated carbocycles. The molecule has 0 amide bonds. The number of aliphatic hydroxyl groups is 3. The summed E-state index contributed by atoms with van der Waals surface area (Å²) in [5.74, 6) is 0.804. The number of ether oxygens (including phenoxy) is 1. The third-order valence-electron chi connectivity index (χ3n) is 3.38. The lowest BCUT2D eigenvalue weighted by Crippen LogP contribution is -2.57. The Labute approximate surface area is 116 Å². The Balaban J connectivity index is 1.93. The lowest BCUT2D eigenvalue weighted by Gasteiger charge is -2.30. The van der Waals surface area contributed by atoms with Crippen molar-refractivity contribution in [1.29, 1.82) is 0 Å². The summed E-state index contributed by atoms with van der Waals surface area (Å²) < 4.78 is 5.72. The highest BCUT2D eigenvalue weighted by atomic mass is 35.5. The van der Waals surface area contributed by atoms with Crippen LogP contribution in [0.4, 0.5) is 0 Å². The van der Waals surface area contributed by atoms with Crippen molar-refractivity contribution in [2.24, 2.45) is 0 Å².